The van der Waals surface area contributed by atoms with Crippen molar-refractivity contribution in [3.05, 3.63) is 34.9 Å². The summed E-state index contributed by atoms with van der Waals surface area (Å²) in [7, 11) is 0. The van der Waals surface area contributed by atoms with Crippen LogP contribution in [0.15, 0.2) is 18.2 Å². The van der Waals surface area contributed by atoms with Crippen LogP contribution in [0.25, 0.3) is 0 Å². The molecular weight excluding hydrogens is 332 g/mol. The van der Waals surface area contributed by atoms with Crippen LogP contribution >= 0.6 is 0 Å². The second-order valence-corrected chi connectivity index (χ2v) is 7.53. The molecule has 1 rings (SSSR count). The number of nitrogens with one attached hydrogen (secondary N) is 1. The largest absolute Gasteiger partial charge is 0.393 e. The summed E-state index contributed by atoms with van der Waals surface area (Å²) >= 11 is 0. The average molecular weight is 369 g/mol. The Morgan fingerprint density at radius 1 is 0.846 bits per heavy atom. The number of hydrogen-bond acceptors (Lipinski definition) is 6. The molecule has 4 unspecified atom stereocenters. The minimum Gasteiger partial charge on any atom is -0.393 e. The molecule has 5 N–H and O–H groups in total. The molecule has 1 aromatic rings. The van der Waals surface area contributed by atoms with Crippen molar-refractivity contribution < 1.29 is 20.4 Å². The smallest absolute Gasteiger partial charge is 0.0639 e. The van der Waals surface area contributed by atoms with Gasteiger partial charge >= 0.3 is 0 Å². The van der Waals surface area contributed by atoms with E-state index in [1.165, 1.54) is 0 Å². The van der Waals surface area contributed by atoms with Gasteiger partial charge in [0.15, 0.2) is 0 Å². The van der Waals surface area contributed by atoms with Crippen molar-refractivity contribution in [3.8, 4) is 0 Å². The Balaban J connectivity index is 2.98. The van der Waals surface area contributed by atoms with Gasteiger partial charge in [-0.1, -0.05) is 18.2 Å². The van der Waals surface area contributed by atoms with Crippen LogP contribution < -0.4 is 5.32 Å². The molecule has 1 aromatic carbocycles. The summed E-state index contributed by atoms with van der Waals surface area (Å²) in [6.07, 6.45) is -1.19. The maximum Gasteiger partial charge on any atom is 0.0639 e. The van der Waals surface area contributed by atoms with Gasteiger partial charge in [0.25, 0.3) is 0 Å². The van der Waals surface area contributed by atoms with E-state index in [-0.39, 0.29) is 0 Å². The first kappa shape index (κ1) is 23.0. The summed E-state index contributed by atoms with van der Waals surface area (Å²) in [5, 5.41) is 41.9. The first-order valence-electron chi connectivity index (χ1n) is 9.43. The standard InChI is InChI=1S/C20H36N2O4/c1-14(23)7-18-5-6-19(10-21-9-15(2)24)20(8-18)13-22(11-16(3)25)12-17(4)26/h5-6,8,14-17,21,23-26H,7,9-13H2,1-4H3. The number of aliphatic hydroxyl groups is 4. The van der Waals surface area contributed by atoms with Crippen LogP contribution in [-0.2, 0) is 19.5 Å². The van der Waals surface area contributed by atoms with Crippen LogP contribution in [0.3, 0.4) is 0 Å². The summed E-state index contributed by atoms with van der Waals surface area (Å²) < 4.78 is 0. The number of nitrogens with zero attached hydrogens (tertiary/aromatic N) is 1. The zero-order valence-electron chi connectivity index (χ0n) is 16.5. The highest BCUT2D eigenvalue weighted by Gasteiger charge is 2.15. The molecule has 0 saturated heterocycles. The van der Waals surface area contributed by atoms with Crippen molar-refractivity contribution >= 4 is 0 Å². The average Bonchev–Trinajstić information content (AvgIpc) is 2.47. The van der Waals surface area contributed by atoms with Gasteiger partial charge in [0, 0.05) is 32.7 Å². The lowest BCUT2D eigenvalue weighted by Gasteiger charge is -2.26. The van der Waals surface area contributed by atoms with E-state index < -0.39 is 24.4 Å². The third-order valence-corrected chi connectivity index (χ3v) is 4.00. The fraction of sp³-hybridized carbons (Fsp3) is 0.700. The van der Waals surface area contributed by atoms with Gasteiger partial charge in [-0.15, -0.1) is 0 Å². The van der Waals surface area contributed by atoms with E-state index in [4.69, 9.17) is 0 Å². The molecule has 0 aliphatic carbocycles. The van der Waals surface area contributed by atoms with E-state index in [9.17, 15) is 20.4 Å². The number of benzene rings is 1. The maximum absolute atomic E-state index is 9.76. The molecule has 150 valence electrons. The molecule has 4 atom stereocenters. The Kier molecular flexibility index (Phi) is 10.3. The molecule has 0 bridgehead atoms. The molecule has 0 fully saturated rings. The summed E-state index contributed by atoms with van der Waals surface area (Å²) in [6, 6.07) is 6.15. The highest BCUT2D eigenvalue weighted by molar-refractivity contribution is 5.32. The van der Waals surface area contributed by atoms with E-state index in [1.54, 1.807) is 27.7 Å². The second kappa shape index (κ2) is 11.6. The molecule has 0 aliphatic rings. The number of rotatable bonds is 12. The van der Waals surface area contributed by atoms with Crippen molar-refractivity contribution in [2.45, 2.75) is 71.6 Å². The summed E-state index contributed by atoms with van der Waals surface area (Å²) in [5.74, 6) is 0. The van der Waals surface area contributed by atoms with Gasteiger partial charge in [-0.25, -0.2) is 0 Å². The zero-order chi connectivity index (χ0) is 19.7. The first-order chi connectivity index (χ1) is 12.2. The lowest BCUT2D eigenvalue weighted by atomic mass is 9.99. The number of hydrogen-bond donors (Lipinski definition) is 5. The fourth-order valence-corrected chi connectivity index (χ4v) is 3.07. The molecule has 0 radical (unpaired) electrons. The lowest BCUT2D eigenvalue weighted by Crippen LogP contribution is -2.36. The summed E-state index contributed by atoms with van der Waals surface area (Å²) in [5.41, 5.74) is 3.27. The van der Waals surface area contributed by atoms with E-state index in [0.29, 0.717) is 39.1 Å². The van der Waals surface area contributed by atoms with Crippen LogP contribution in [-0.4, -0.2) is 69.4 Å². The number of aliphatic hydroxyl groups excluding tert-OH is 4. The van der Waals surface area contributed by atoms with Crippen molar-refractivity contribution in [2.24, 2.45) is 0 Å². The van der Waals surface area contributed by atoms with Gasteiger partial charge in [-0.2, -0.15) is 0 Å². The summed E-state index contributed by atoms with van der Waals surface area (Å²) in [4.78, 5) is 2.04. The lowest BCUT2D eigenvalue weighted by molar-refractivity contribution is 0.0792. The van der Waals surface area contributed by atoms with Crippen molar-refractivity contribution in [3.63, 3.8) is 0 Å². The molecule has 0 spiro atoms. The van der Waals surface area contributed by atoms with Crippen molar-refractivity contribution in [1.82, 2.24) is 10.2 Å². The molecule has 0 saturated carbocycles. The summed E-state index contributed by atoms with van der Waals surface area (Å²) in [6.45, 7) is 9.70. The molecule has 6 nitrogen and oxygen atoms in total. The molecule has 0 amide bonds. The Morgan fingerprint density at radius 3 is 1.96 bits per heavy atom. The molecule has 6 heteroatoms. The van der Waals surface area contributed by atoms with Crippen molar-refractivity contribution in [1.29, 1.82) is 0 Å². The normalized spacial score (nSPS) is 16.5. The minimum atomic E-state index is -0.480. The topological polar surface area (TPSA) is 96.2 Å². The molecule has 0 aromatic heterocycles. The SMILES string of the molecule is CC(O)CNCc1ccc(CC(C)O)cc1CN(CC(C)O)CC(C)O. The Bertz CT molecular complexity index is 509. The quantitative estimate of drug-likeness (QED) is 0.372. The van der Waals surface area contributed by atoms with E-state index in [2.05, 4.69) is 11.4 Å². The van der Waals surface area contributed by atoms with Gasteiger partial charge < -0.3 is 25.7 Å². The van der Waals surface area contributed by atoms with Gasteiger partial charge in [-0.05, 0) is 50.8 Å². The molecule has 0 aliphatic heterocycles. The van der Waals surface area contributed by atoms with Gasteiger partial charge in [0.2, 0.25) is 0 Å². The molecule has 26 heavy (non-hydrogen) atoms. The van der Waals surface area contributed by atoms with Crippen LogP contribution in [0.2, 0.25) is 0 Å². The van der Waals surface area contributed by atoms with Gasteiger partial charge in [0.1, 0.15) is 0 Å². The van der Waals surface area contributed by atoms with Crippen LogP contribution in [0, 0.1) is 0 Å². The first-order valence-corrected chi connectivity index (χ1v) is 9.43. The molecule has 0 heterocycles. The molecular formula is C20H36N2O4. The van der Waals surface area contributed by atoms with Crippen molar-refractivity contribution in [2.75, 3.05) is 19.6 Å². The van der Waals surface area contributed by atoms with E-state index >= 15 is 0 Å². The predicted molar refractivity (Wildman–Crippen MR) is 104 cm³/mol. The minimum absolute atomic E-state index is 0.407. The highest BCUT2D eigenvalue weighted by atomic mass is 16.3. The van der Waals surface area contributed by atoms with Crippen LogP contribution in [0.1, 0.15) is 44.4 Å². The monoisotopic (exact) mass is 368 g/mol. The fourth-order valence-electron chi connectivity index (χ4n) is 3.07. The highest BCUT2D eigenvalue weighted by Crippen LogP contribution is 2.17. The van der Waals surface area contributed by atoms with E-state index in [1.807, 2.05) is 17.0 Å². The third kappa shape index (κ3) is 9.62. The third-order valence-electron chi connectivity index (χ3n) is 4.00. The Labute approximate surface area is 157 Å². The van der Waals surface area contributed by atoms with Crippen LogP contribution in [0.4, 0.5) is 0 Å². The maximum atomic E-state index is 9.76. The van der Waals surface area contributed by atoms with E-state index in [0.717, 1.165) is 16.7 Å². The van der Waals surface area contributed by atoms with Gasteiger partial charge in [0.05, 0.1) is 24.4 Å². The Hall–Kier alpha value is -1.02. The second-order valence-electron chi connectivity index (χ2n) is 7.53. The van der Waals surface area contributed by atoms with Crippen LogP contribution in [0.5, 0.6) is 0 Å². The zero-order valence-corrected chi connectivity index (χ0v) is 16.5. The Morgan fingerprint density at radius 2 is 1.46 bits per heavy atom. The predicted octanol–water partition coefficient (Wildman–Crippen LogP) is 0.644. The van der Waals surface area contributed by atoms with Gasteiger partial charge in [-0.3, -0.25) is 4.90 Å².